The second kappa shape index (κ2) is 7.79. The highest BCUT2D eigenvalue weighted by Gasteiger charge is 1.99. The number of nitrogens with zero attached hydrogens (tertiary/aromatic N) is 1. The number of unbranched alkanes of at least 4 members (excludes halogenated alkanes) is 1. The number of hydrogen-bond acceptors (Lipinski definition) is 3. The van der Waals surface area contributed by atoms with Crippen molar-refractivity contribution in [1.29, 1.82) is 0 Å². The van der Waals surface area contributed by atoms with Crippen molar-refractivity contribution in [3.05, 3.63) is 29.6 Å². The minimum atomic E-state index is 0.0542. The maximum Gasteiger partial charge on any atom is 0.233 e. The van der Waals surface area contributed by atoms with Gasteiger partial charge in [0.1, 0.15) is 0 Å². The zero-order chi connectivity index (χ0) is 12.5. The molecule has 1 heterocycles. The highest BCUT2D eigenvalue weighted by atomic mass is 16.1. The summed E-state index contributed by atoms with van der Waals surface area (Å²) in [6.45, 7) is 5.86. The summed E-state index contributed by atoms with van der Waals surface area (Å²) in [5.74, 6) is 0.0542. The molecule has 0 aliphatic heterocycles. The molecule has 0 fully saturated rings. The molecule has 0 bridgehead atoms. The third-order valence-electron chi connectivity index (χ3n) is 2.44. The molecule has 1 rings (SSSR count). The Morgan fingerprint density at radius 1 is 1.41 bits per heavy atom. The third kappa shape index (κ3) is 6.02. The van der Waals surface area contributed by atoms with Crippen LogP contribution in [0.3, 0.4) is 0 Å². The van der Waals surface area contributed by atoms with E-state index in [0.717, 1.165) is 30.6 Å². The first-order valence-electron chi connectivity index (χ1n) is 6.11. The minimum Gasteiger partial charge on any atom is -0.355 e. The monoisotopic (exact) mass is 235 g/mol. The van der Waals surface area contributed by atoms with Crippen molar-refractivity contribution in [2.75, 3.05) is 13.1 Å². The van der Waals surface area contributed by atoms with Crippen LogP contribution in [0.4, 0.5) is 0 Å². The van der Waals surface area contributed by atoms with Gasteiger partial charge in [0.15, 0.2) is 0 Å². The number of hydrogen-bond donors (Lipinski definition) is 2. The molecular weight excluding hydrogens is 214 g/mol. The first-order valence-corrected chi connectivity index (χ1v) is 6.11. The first-order chi connectivity index (χ1) is 8.22. The van der Waals surface area contributed by atoms with E-state index in [-0.39, 0.29) is 5.91 Å². The van der Waals surface area contributed by atoms with Gasteiger partial charge in [-0.1, -0.05) is 19.4 Å². The molecule has 0 saturated heterocycles. The number of amides is 1. The smallest absolute Gasteiger partial charge is 0.233 e. The summed E-state index contributed by atoms with van der Waals surface area (Å²) in [6, 6.07) is 3.99. The Morgan fingerprint density at radius 2 is 2.24 bits per heavy atom. The minimum absolute atomic E-state index is 0.0542. The lowest BCUT2D eigenvalue weighted by atomic mass is 10.2. The van der Waals surface area contributed by atoms with Gasteiger partial charge in [-0.2, -0.15) is 0 Å². The Kier molecular flexibility index (Phi) is 6.25. The fourth-order valence-corrected chi connectivity index (χ4v) is 1.39. The molecule has 17 heavy (non-hydrogen) atoms. The molecule has 0 spiro atoms. The van der Waals surface area contributed by atoms with E-state index >= 15 is 0 Å². The molecule has 0 aromatic carbocycles. The standard InChI is InChI=1S/C13H21N3O/c1-3-4-7-15-13(17)10-14-8-12-6-5-11(2)16-9-12/h5-6,9,14H,3-4,7-8,10H2,1-2H3,(H,15,17). The fourth-order valence-electron chi connectivity index (χ4n) is 1.39. The summed E-state index contributed by atoms with van der Waals surface area (Å²) in [5.41, 5.74) is 2.10. The molecule has 1 amide bonds. The van der Waals surface area contributed by atoms with Gasteiger partial charge < -0.3 is 10.6 Å². The quantitative estimate of drug-likeness (QED) is 0.702. The van der Waals surface area contributed by atoms with Crippen LogP contribution < -0.4 is 10.6 Å². The van der Waals surface area contributed by atoms with Crippen LogP contribution in [0.15, 0.2) is 18.3 Å². The Morgan fingerprint density at radius 3 is 2.88 bits per heavy atom. The topological polar surface area (TPSA) is 54.0 Å². The van der Waals surface area contributed by atoms with Gasteiger partial charge in [0.2, 0.25) is 5.91 Å². The van der Waals surface area contributed by atoms with Crippen molar-refractivity contribution >= 4 is 5.91 Å². The molecule has 0 saturated carbocycles. The van der Waals surface area contributed by atoms with Gasteiger partial charge in [0, 0.05) is 25.0 Å². The number of aryl methyl sites for hydroxylation is 1. The number of nitrogens with one attached hydrogen (secondary N) is 2. The highest BCUT2D eigenvalue weighted by molar-refractivity contribution is 5.77. The SMILES string of the molecule is CCCCNC(=O)CNCc1ccc(C)nc1. The van der Waals surface area contributed by atoms with Crippen molar-refractivity contribution in [2.45, 2.75) is 33.2 Å². The molecule has 4 heteroatoms. The Balaban J connectivity index is 2.14. The maximum absolute atomic E-state index is 11.4. The summed E-state index contributed by atoms with van der Waals surface area (Å²) in [6.07, 6.45) is 3.97. The zero-order valence-electron chi connectivity index (χ0n) is 10.6. The van der Waals surface area contributed by atoms with E-state index in [4.69, 9.17) is 0 Å². The van der Waals surface area contributed by atoms with E-state index in [1.54, 1.807) is 0 Å². The summed E-state index contributed by atoms with van der Waals surface area (Å²) >= 11 is 0. The summed E-state index contributed by atoms with van der Waals surface area (Å²) in [7, 11) is 0. The van der Waals surface area contributed by atoms with Crippen LogP contribution in [0.2, 0.25) is 0 Å². The lowest BCUT2D eigenvalue weighted by molar-refractivity contribution is -0.120. The van der Waals surface area contributed by atoms with Crippen LogP contribution in [-0.4, -0.2) is 24.0 Å². The second-order valence-electron chi connectivity index (χ2n) is 4.11. The molecule has 4 nitrogen and oxygen atoms in total. The zero-order valence-corrected chi connectivity index (χ0v) is 10.6. The normalized spacial score (nSPS) is 10.2. The Hall–Kier alpha value is -1.42. The molecule has 1 aromatic heterocycles. The second-order valence-corrected chi connectivity index (χ2v) is 4.11. The Labute approximate surface area is 103 Å². The van der Waals surface area contributed by atoms with Crippen LogP contribution in [-0.2, 0) is 11.3 Å². The summed E-state index contributed by atoms with van der Waals surface area (Å²) in [4.78, 5) is 15.6. The van der Waals surface area contributed by atoms with E-state index in [0.29, 0.717) is 13.1 Å². The van der Waals surface area contributed by atoms with E-state index in [1.807, 2.05) is 25.3 Å². The maximum atomic E-state index is 11.4. The van der Waals surface area contributed by atoms with Crippen molar-refractivity contribution < 1.29 is 4.79 Å². The molecule has 1 aromatic rings. The van der Waals surface area contributed by atoms with Gasteiger partial charge in [-0.05, 0) is 25.0 Å². The molecule has 0 atom stereocenters. The molecule has 0 radical (unpaired) electrons. The summed E-state index contributed by atoms with van der Waals surface area (Å²) in [5, 5.41) is 5.96. The lowest BCUT2D eigenvalue weighted by Gasteiger charge is -2.06. The largest absolute Gasteiger partial charge is 0.355 e. The average molecular weight is 235 g/mol. The van der Waals surface area contributed by atoms with Gasteiger partial charge in [-0.15, -0.1) is 0 Å². The van der Waals surface area contributed by atoms with Gasteiger partial charge in [-0.3, -0.25) is 9.78 Å². The predicted octanol–water partition coefficient (Wildman–Crippen LogP) is 1.40. The third-order valence-corrected chi connectivity index (χ3v) is 2.44. The van der Waals surface area contributed by atoms with Crippen molar-refractivity contribution in [3.8, 4) is 0 Å². The molecular formula is C13H21N3O. The number of rotatable bonds is 7. The molecule has 2 N–H and O–H groups in total. The van der Waals surface area contributed by atoms with Crippen LogP contribution >= 0.6 is 0 Å². The van der Waals surface area contributed by atoms with Crippen molar-refractivity contribution in [2.24, 2.45) is 0 Å². The molecule has 0 aliphatic rings. The van der Waals surface area contributed by atoms with Crippen LogP contribution in [0.25, 0.3) is 0 Å². The van der Waals surface area contributed by atoms with Gasteiger partial charge in [0.25, 0.3) is 0 Å². The Bertz CT molecular complexity index is 335. The van der Waals surface area contributed by atoms with E-state index < -0.39 is 0 Å². The number of pyridine rings is 1. The van der Waals surface area contributed by atoms with E-state index in [2.05, 4.69) is 22.5 Å². The highest BCUT2D eigenvalue weighted by Crippen LogP contribution is 1.97. The van der Waals surface area contributed by atoms with Crippen molar-refractivity contribution in [3.63, 3.8) is 0 Å². The lowest BCUT2D eigenvalue weighted by Crippen LogP contribution is -2.34. The fraction of sp³-hybridized carbons (Fsp3) is 0.538. The first kappa shape index (κ1) is 13.6. The van der Waals surface area contributed by atoms with Gasteiger partial charge in [0.05, 0.1) is 6.54 Å². The molecule has 0 aliphatic carbocycles. The predicted molar refractivity (Wildman–Crippen MR) is 68.6 cm³/mol. The van der Waals surface area contributed by atoms with Crippen LogP contribution in [0.5, 0.6) is 0 Å². The average Bonchev–Trinajstić information content (AvgIpc) is 2.32. The molecule has 94 valence electrons. The van der Waals surface area contributed by atoms with Crippen molar-refractivity contribution in [1.82, 2.24) is 15.6 Å². The van der Waals surface area contributed by atoms with Gasteiger partial charge >= 0.3 is 0 Å². The summed E-state index contributed by atoms with van der Waals surface area (Å²) < 4.78 is 0. The number of carbonyl (C=O) groups excluding carboxylic acids is 1. The van der Waals surface area contributed by atoms with Crippen LogP contribution in [0.1, 0.15) is 31.0 Å². The van der Waals surface area contributed by atoms with E-state index in [9.17, 15) is 4.79 Å². The molecule has 0 unspecified atom stereocenters. The van der Waals surface area contributed by atoms with E-state index in [1.165, 1.54) is 0 Å². The van der Waals surface area contributed by atoms with Crippen LogP contribution in [0, 0.1) is 6.92 Å². The number of carbonyl (C=O) groups is 1. The number of aromatic nitrogens is 1. The van der Waals surface area contributed by atoms with Gasteiger partial charge in [-0.25, -0.2) is 0 Å².